The van der Waals surface area contributed by atoms with Crippen LogP contribution in [-0.2, 0) is 9.47 Å². The minimum absolute atomic E-state index is 0.0695. The number of aliphatic hydroxyl groups excluding tert-OH is 1. The SMILES string of the molecule is CC[C@H](O)CO[C@@H]1CCCCO1. The lowest BCUT2D eigenvalue weighted by Crippen LogP contribution is -2.26. The van der Waals surface area contributed by atoms with Crippen LogP contribution in [0.3, 0.4) is 0 Å². The fourth-order valence-corrected chi connectivity index (χ4v) is 1.18. The molecule has 1 aliphatic rings. The second-order valence-corrected chi connectivity index (χ2v) is 3.19. The van der Waals surface area contributed by atoms with Gasteiger partial charge in [-0.2, -0.15) is 0 Å². The average Bonchev–Trinajstić information content (AvgIpc) is 2.16. The van der Waals surface area contributed by atoms with Crippen LogP contribution in [0.5, 0.6) is 0 Å². The molecule has 0 unspecified atom stereocenters. The minimum atomic E-state index is -0.337. The van der Waals surface area contributed by atoms with Crippen molar-refractivity contribution in [2.24, 2.45) is 0 Å². The van der Waals surface area contributed by atoms with E-state index < -0.39 is 0 Å². The molecular weight excluding hydrogens is 156 g/mol. The number of ether oxygens (including phenoxy) is 2. The summed E-state index contributed by atoms with van der Waals surface area (Å²) in [6.07, 6.45) is 3.61. The molecule has 0 aliphatic carbocycles. The maximum absolute atomic E-state index is 9.21. The summed E-state index contributed by atoms with van der Waals surface area (Å²) >= 11 is 0. The second-order valence-electron chi connectivity index (χ2n) is 3.19. The molecule has 1 N–H and O–H groups in total. The molecule has 72 valence electrons. The molecule has 3 heteroatoms. The Balaban J connectivity index is 2.05. The van der Waals surface area contributed by atoms with Crippen molar-refractivity contribution in [3.05, 3.63) is 0 Å². The van der Waals surface area contributed by atoms with E-state index in [1.54, 1.807) is 0 Å². The third-order valence-corrected chi connectivity index (χ3v) is 2.08. The van der Waals surface area contributed by atoms with Gasteiger partial charge >= 0.3 is 0 Å². The van der Waals surface area contributed by atoms with Crippen molar-refractivity contribution in [1.82, 2.24) is 0 Å². The molecule has 0 aromatic heterocycles. The minimum Gasteiger partial charge on any atom is -0.391 e. The van der Waals surface area contributed by atoms with Gasteiger partial charge in [0.15, 0.2) is 6.29 Å². The molecule has 1 saturated heterocycles. The molecule has 3 nitrogen and oxygen atoms in total. The van der Waals surface area contributed by atoms with Crippen LogP contribution in [0.1, 0.15) is 32.6 Å². The molecule has 0 radical (unpaired) electrons. The Hall–Kier alpha value is -0.120. The van der Waals surface area contributed by atoms with Crippen LogP contribution in [0.4, 0.5) is 0 Å². The Kier molecular flexibility index (Phi) is 4.58. The van der Waals surface area contributed by atoms with Crippen molar-refractivity contribution < 1.29 is 14.6 Å². The first kappa shape index (κ1) is 9.96. The third-order valence-electron chi connectivity index (χ3n) is 2.08. The van der Waals surface area contributed by atoms with Crippen LogP contribution in [0.2, 0.25) is 0 Å². The first-order valence-corrected chi connectivity index (χ1v) is 4.74. The predicted octanol–water partition coefficient (Wildman–Crippen LogP) is 1.30. The van der Waals surface area contributed by atoms with Crippen LogP contribution in [-0.4, -0.2) is 30.7 Å². The van der Waals surface area contributed by atoms with E-state index in [1.807, 2.05) is 6.92 Å². The molecule has 1 heterocycles. The molecule has 0 amide bonds. The van der Waals surface area contributed by atoms with Gasteiger partial charge in [0, 0.05) is 6.61 Å². The molecule has 0 aromatic rings. The summed E-state index contributed by atoms with van der Waals surface area (Å²) in [5.41, 5.74) is 0. The van der Waals surface area contributed by atoms with Gasteiger partial charge in [0.2, 0.25) is 0 Å². The normalized spacial score (nSPS) is 27.0. The first-order chi connectivity index (χ1) is 5.83. The summed E-state index contributed by atoms with van der Waals surface area (Å²) in [6, 6.07) is 0. The monoisotopic (exact) mass is 174 g/mol. The molecule has 0 saturated carbocycles. The van der Waals surface area contributed by atoms with Crippen molar-refractivity contribution >= 4 is 0 Å². The Morgan fingerprint density at radius 2 is 2.42 bits per heavy atom. The Morgan fingerprint density at radius 3 is 3.00 bits per heavy atom. The number of rotatable bonds is 4. The summed E-state index contributed by atoms with van der Waals surface area (Å²) in [5, 5.41) is 9.21. The fraction of sp³-hybridized carbons (Fsp3) is 1.00. The van der Waals surface area contributed by atoms with Gasteiger partial charge < -0.3 is 14.6 Å². The lowest BCUT2D eigenvalue weighted by atomic mass is 10.2. The third kappa shape index (κ3) is 3.52. The van der Waals surface area contributed by atoms with Crippen LogP contribution < -0.4 is 0 Å². The quantitative estimate of drug-likeness (QED) is 0.698. The van der Waals surface area contributed by atoms with Gasteiger partial charge in [0.1, 0.15) is 0 Å². The van der Waals surface area contributed by atoms with Crippen LogP contribution >= 0.6 is 0 Å². The lowest BCUT2D eigenvalue weighted by molar-refractivity contribution is -0.175. The highest BCUT2D eigenvalue weighted by Gasteiger charge is 2.14. The Labute approximate surface area is 73.7 Å². The van der Waals surface area contributed by atoms with Crippen molar-refractivity contribution in [3.63, 3.8) is 0 Å². The maximum Gasteiger partial charge on any atom is 0.157 e. The van der Waals surface area contributed by atoms with Crippen LogP contribution in [0.25, 0.3) is 0 Å². The highest BCUT2D eigenvalue weighted by Crippen LogP contribution is 2.13. The van der Waals surface area contributed by atoms with E-state index in [-0.39, 0.29) is 12.4 Å². The van der Waals surface area contributed by atoms with Crippen molar-refractivity contribution in [2.45, 2.75) is 45.0 Å². The molecule has 0 bridgehead atoms. The van der Waals surface area contributed by atoms with Crippen LogP contribution in [0.15, 0.2) is 0 Å². The standard InChI is InChI=1S/C9H18O3/c1-2-8(10)7-12-9-5-3-4-6-11-9/h8-10H,2-7H2,1H3/t8-,9+/m0/s1. The Bertz CT molecular complexity index is 110. The van der Waals surface area contributed by atoms with Gasteiger partial charge in [0.25, 0.3) is 0 Å². The zero-order valence-corrected chi connectivity index (χ0v) is 7.66. The van der Waals surface area contributed by atoms with Crippen molar-refractivity contribution in [1.29, 1.82) is 0 Å². The topological polar surface area (TPSA) is 38.7 Å². The second kappa shape index (κ2) is 5.51. The van der Waals surface area contributed by atoms with E-state index in [0.717, 1.165) is 25.9 Å². The largest absolute Gasteiger partial charge is 0.391 e. The van der Waals surface area contributed by atoms with Crippen molar-refractivity contribution in [2.75, 3.05) is 13.2 Å². The predicted molar refractivity (Wildman–Crippen MR) is 45.8 cm³/mol. The molecule has 1 fully saturated rings. The summed E-state index contributed by atoms with van der Waals surface area (Å²) < 4.78 is 10.7. The molecular formula is C9H18O3. The number of hydrogen-bond acceptors (Lipinski definition) is 3. The summed E-state index contributed by atoms with van der Waals surface area (Å²) in [5.74, 6) is 0. The van der Waals surface area contributed by atoms with Gasteiger partial charge in [-0.15, -0.1) is 0 Å². The number of aliphatic hydroxyl groups is 1. The van der Waals surface area contributed by atoms with E-state index >= 15 is 0 Å². The Morgan fingerprint density at radius 1 is 1.58 bits per heavy atom. The summed E-state index contributed by atoms with van der Waals surface area (Å²) in [7, 11) is 0. The zero-order valence-electron chi connectivity index (χ0n) is 7.66. The van der Waals surface area contributed by atoms with E-state index in [0.29, 0.717) is 6.61 Å². The van der Waals surface area contributed by atoms with Gasteiger partial charge in [-0.1, -0.05) is 6.92 Å². The lowest BCUT2D eigenvalue weighted by Gasteiger charge is -2.23. The summed E-state index contributed by atoms with van der Waals surface area (Å²) in [6.45, 7) is 3.14. The van der Waals surface area contributed by atoms with Gasteiger partial charge in [0.05, 0.1) is 12.7 Å². The average molecular weight is 174 g/mol. The molecule has 1 rings (SSSR count). The van der Waals surface area contributed by atoms with Gasteiger partial charge in [-0.25, -0.2) is 0 Å². The van der Waals surface area contributed by atoms with E-state index in [2.05, 4.69) is 0 Å². The van der Waals surface area contributed by atoms with E-state index in [1.165, 1.54) is 6.42 Å². The van der Waals surface area contributed by atoms with Gasteiger partial charge in [-0.3, -0.25) is 0 Å². The van der Waals surface area contributed by atoms with Crippen LogP contribution in [0, 0.1) is 0 Å². The van der Waals surface area contributed by atoms with Crippen molar-refractivity contribution in [3.8, 4) is 0 Å². The zero-order chi connectivity index (χ0) is 8.81. The molecule has 2 atom stereocenters. The molecule has 0 spiro atoms. The number of hydrogen-bond donors (Lipinski definition) is 1. The first-order valence-electron chi connectivity index (χ1n) is 4.74. The smallest absolute Gasteiger partial charge is 0.157 e. The molecule has 1 aliphatic heterocycles. The van der Waals surface area contributed by atoms with E-state index in [4.69, 9.17) is 9.47 Å². The molecule has 0 aromatic carbocycles. The maximum atomic E-state index is 9.21. The molecule has 12 heavy (non-hydrogen) atoms. The van der Waals surface area contributed by atoms with E-state index in [9.17, 15) is 5.11 Å². The van der Waals surface area contributed by atoms with Gasteiger partial charge in [-0.05, 0) is 25.7 Å². The highest BCUT2D eigenvalue weighted by molar-refractivity contribution is 4.56. The fourth-order valence-electron chi connectivity index (χ4n) is 1.18. The highest BCUT2D eigenvalue weighted by atomic mass is 16.7. The summed E-state index contributed by atoms with van der Waals surface area (Å²) in [4.78, 5) is 0.